The van der Waals surface area contributed by atoms with Gasteiger partial charge in [0.25, 0.3) is 11.8 Å². The molecule has 0 N–H and O–H groups in total. The van der Waals surface area contributed by atoms with Crippen LogP contribution < -0.4 is 0 Å². The number of aromatic nitrogens is 2. The molecule has 8 heteroatoms. The molecule has 0 unspecified atom stereocenters. The topological polar surface area (TPSA) is 66.4 Å². The number of aryl methyl sites for hydroxylation is 2. The summed E-state index contributed by atoms with van der Waals surface area (Å²) in [4.78, 5) is 35.8. The predicted molar refractivity (Wildman–Crippen MR) is 141 cm³/mol. The smallest absolute Gasteiger partial charge is 0.255 e. The summed E-state index contributed by atoms with van der Waals surface area (Å²) in [6, 6.07) is 11.5. The molecule has 4 rings (SSSR count). The van der Waals surface area contributed by atoms with Gasteiger partial charge in [-0.2, -0.15) is 22.7 Å². The van der Waals surface area contributed by atoms with Crippen LogP contribution in [-0.2, 0) is 0 Å². The van der Waals surface area contributed by atoms with Gasteiger partial charge in [-0.25, -0.2) is 0 Å². The standard InChI is InChI=1S/2C13H14N2OS/c2*1-9-11(13(16)15(2)3)4-5-12(14-9)10-6-7-17-8-10/h2*4-8H,1-3H3. The molecule has 0 fully saturated rings. The number of carbonyl (C=O) groups excluding carboxylic acids is 2. The highest BCUT2D eigenvalue weighted by molar-refractivity contribution is 7.08. The molecule has 0 aliphatic rings. The number of amides is 2. The van der Waals surface area contributed by atoms with Gasteiger partial charge in [0.15, 0.2) is 0 Å². The average molecular weight is 493 g/mol. The van der Waals surface area contributed by atoms with Gasteiger partial charge in [-0.05, 0) is 61.0 Å². The van der Waals surface area contributed by atoms with E-state index in [4.69, 9.17) is 0 Å². The number of hydrogen-bond donors (Lipinski definition) is 0. The molecule has 176 valence electrons. The third-order valence-corrected chi connectivity index (χ3v) is 6.45. The van der Waals surface area contributed by atoms with Crippen LogP contribution in [0.4, 0.5) is 0 Å². The van der Waals surface area contributed by atoms with E-state index in [-0.39, 0.29) is 11.8 Å². The molecule has 6 nitrogen and oxygen atoms in total. The lowest BCUT2D eigenvalue weighted by atomic mass is 10.1. The van der Waals surface area contributed by atoms with E-state index < -0.39 is 0 Å². The molecule has 0 radical (unpaired) electrons. The fraction of sp³-hybridized carbons (Fsp3) is 0.231. The van der Waals surface area contributed by atoms with Gasteiger partial charge in [-0.1, -0.05) is 0 Å². The molecule has 34 heavy (non-hydrogen) atoms. The summed E-state index contributed by atoms with van der Waals surface area (Å²) >= 11 is 3.28. The maximum atomic E-state index is 11.9. The summed E-state index contributed by atoms with van der Waals surface area (Å²) in [5.74, 6) is -0.0151. The number of carbonyl (C=O) groups is 2. The number of thiophene rings is 2. The minimum atomic E-state index is -0.00753. The number of nitrogens with zero attached hydrogens (tertiary/aromatic N) is 4. The average Bonchev–Trinajstić information content (AvgIpc) is 3.53. The van der Waals surface area contributed by atoms with E-state index in [9.17, 15) is 9.59 Å². The molecular formula is C26H28N4O2S2. The Morgan fingerprint density at radius 1 is 0.647 bits per heavy atom. The molecule has 0 aliphatic heterocycles. The Hall–Kier alpha value is -3.36. The number of rotatable bonds is 4. The Morgan fingerprint density at radius 3 is 1.29 bits per heavy atom. The summed E-state index contributed by atoms with van der Waals surface area (Å²) in [7, 11) is 6.98. The van der Waals surface area contributed by atoms with Crippen LogP contribution in [0.2, 0.25) is 0 Å². The summed E-state index contributed by atoms with van der Waals surface area (Å²) in [6.07, 6.45) is 0. The number of pyridine rings is 2. The van der Waals surface area contributed by atoms with Crippen molar-refractivity contribution in [2.75, 3.05) is 28.2 Å². The Bertz CT molecular complexity index is 1160. The molecule has 0 aromatic carbocycles. The summed E-state index contributed by atoms with van der Waals surface area (Å²) in [6.45, 7) is 3.74. The zero-order chi connectivity index (χ0) is 24.8. The molecule has 0 atom stereocenters. The Morgan fingerprint density at radius 2 is 1.03 bits per heavy atom. The molecule has 0 spiro atoms. The van der Waals surface area contributed by atoms with Crippen molar-refractivity contribution in [1.29, 1.82) is 0 Å². The second kappa shape index (κ2) is 11.2. The van der Waals surface area contributed by atoms with Crippen molar-refractivity contribution >= 4 is 34.5 Å². The molecule has 4 aromatic heterocycles. The minimum Gasteiger partial charge on any atom is -0.345 e. The molecule has 0 aliphatic carbocycles. The minimum absolute atomic E-state index is 0.00753. The fourth-order valence-corrected chi connectivity index (χ4v) is 4.50. The van der Waals surface area contributed by atoms with Crippen molar-refractivity contribution in [3.05, 3.63) is 80.4 Å². The van der Waals surface area contributed by atoms with Gasteiger partial charge in [0, 0.05) is 50.1 Å². The van der Waals surface area contributed by atoms with Crippen molar-refractivity contribution < 1.29 is 9.59 Å². The molecular weight excluding hydrogens is 464 g/mol. The van der Waals surface area contributed by atoms with E-state index in [2.05, 4.69) is 20.7 Å². The second-order valence-corrected chi connectivity index (χ2v) is 9.64. The van der Waals surface area contributed by atoms with Gasteiger partial charge in [-0.3, -0.25) is 19.6 Å². The summed E-state index contributed by atoms with van der Waals surface area (Å²) in [5.41, 5.74) is 6.89. The van der Waals surface area contributed by atoms with Gasteiger partial charge in [0.05, 0.1) is 33.9 Å². The summed E-state index contributed by atoms with van der Waals surface area (Å²) in [5, 5.41) is 8.14. The third-order valence-electron chi connectivity index (χ3n) is 5.08. The van der Waals surface area contributed by atoms with E-state index >= 15 is 0 Å². The highest BCUT2D eigenvalue weighted by atomic mass is 32.1. The second-order valence-electron chi connectivity index (χ2n) is 8.08. The van der Waals surface area contributed by atoms with Gasteiger partial charge in [-0.15, -0.1) is 0 Å². The molecule has 4 heterocycles. The monoisotopic (exact) mass is 492 g/mol. The predicted octanol–water partition coefficient (Wildman–Crippen LogP) is 5.64. The van der Waals surface area contributed by atoms with Crippen LogP contribution in [0.3, 0.4) is 0 Å². The van der Waals surface area contributed by atoms with Crippen molar-refractivity contribution in [3.63, 3.8) is 0 Å². The van der Waals surface area contributed by atoms with Gasteiger partial charge in [0.2, 0.25) is 0 Å². The third kappa shape index (κ3) is 5.95. The number of hydrogen-bond acceptors (Lipinski definition) is 6. The van der Waals surface area contributed by atoms with E-state index in [0.717, 1.165) is 33.9 Å². The highest BCUT2D eigenvalue weighted by Crippen LogP contribution is 2.23. The van der Waals surface area contributed by atoms with Crippen LogP contribution in [0.1, 0.15) is 32.1 Å². The lowest BCUT2D eigenvalue weighted by molar-refractivity contribution is 0.0819. The lowest BCUT2D eigenvalue weighted by Gasteiger charge is -2.12. The van der Waals surface area contributed by atoms with Crippen molar-refractivity contribution in [3.8, 4) is 22.5 Å². The van der Waals surface area contributed by atoms with E-state index in [1.165, 1.54) is 0 Å². The quantitative estimate of drug-likeness (QED) is 0.370. The Kier molecular flexibility index (Phi) is 8.31. The molecule has 0 saturated heterocycles. The first-order chi connectivity index (χ1) is 16.2. The Balaban J connectivity index is 0.000000191. The zero-order valence-corrected chi connectivity index (χ0v) is 21.8. The first-order valence-corrected chi connectivity index (χ1v) is 12.5. The lowest BCUT2D eigenvalue weighted by Crippen LogP contribution is -2.22. The van der Waals surface area contributed by atoms with E-state index in [1.807, 2.05) is 61.0 Å². The Labute approximate surface area is 208 Å². The van der Waals surface area contributed by atoms with Crippen molar-refractivity contribution in [2.24, 2.45) is 0 Å². The maximum Gasteiger partial charge on any atom is 0.255 e. The van der Waals surface area contributed by atoms with Gasteiger partial charge in [0.1, 0.15) is 0 Å². The van der Waals surface area contributed by atoms with Crippen LogP contribution in [0.5, 0.6) is 0 Å². The first kappa shape index (κ1) is 25.3. The van der Waals surface area contributed by atoms with Gasteiger partial charge >= 0.3 is 0 Å². The molecule has 4 aromatic rings. The first-order valence-electron chi connectivity index (χ1n) is 10.6. The molecule has 0 bridgehead atoms. The van der Waals surface area contributed by atoms with Crippen LogP contribution in [0.25, 0.3) is 22.5 Å². The fourth-order valence-electron chi connectivity index (χ4n) is 3.20. The maximum absolute atomic E-state index is 11.9. The largest absolute Gasteiger partial charge is 0.345 e. The SMILES string of the molecule is Cc1nc(-c2ccsc2)ccc1C(=O)N(C)C.Cc1nc(-c2ccsc2)ccc1C(=O)N(C)C. The van der Waals surface area contributed by atoms with Crippen molar-refractivity contribution in [1.82, 2.24) is 19.8 Å². The van der Waals surface area contributed by atoms with E-state index in [0.29, 0.717) is 11.1 Å². The van der Waals surface area contributed by atoms with Crippen molar-refractivity contribution in [2.45, 2.75) is 13.8 Å². The summed E-state index contributed by atoms with van der Waals surface area (Å²) < 4.78 is 0. The van der Waals surface area contributed by atoms with Crippen LogP contribution in [0, 0.1) is 13.8 Å². The van der Waals surface area contributed by atoms with Crippen LogP contribution >= 0.6 is 22.7 Å². The normalized spacial score (nSPS) is 10.3. The highest BCUT2D eigenvalue weighted by Gasteiger charge is 2.14. The van der Waals surface area contributed by atoms with Crippen LogP contribution in [-0.4, -0.2) is 59.8 Å². The molecule has 0 saturated carbocycles. The molecule has 2 amide bonds. The van der Waals surface area contributed by atoms with Crippen LogP contribution in [0.15, 0.2) is 57.9 Å². The zero-order valence-electron chi connectivity index (χ0n) is 20.2. The van der Waals surface area contributed by atoms with Gasteiger partial charge < -0.3 is 9.80 Å². The van der Waals surface area contributed by atoms with E-state index in [1.54, 1.807) is 60.7 Å².